The van der Waals surface area contributed by atoms with Crippen molar-refractivity contribution in [1.82, 2.24) is 9.62 Å². The van der Waals surface area contributed by atoms with Crippen molar-refractivity contribution in [3.8, 4) is 0 Å². The number of hydrogen-bond acceptors (Lipinski definition) is 4. The Morgan fingerprint density at radius 3 is 2.90 bits per heavy atom. The van der Waals surface area contributed by atoms with Crippen LogP contribution in [0.25, 0.3) is 0 Å². The van der Waals surface area contributed by atoms with Crippen LogP contribution in [-0.4, -0.2) is 38.0 Å². The molecule has 1 N–H and O–H groups in total. The number of carbonyl (C=O) groups excluding carboxylic acids is 1. The summed E-state index contributed by atoms with van der Waals surface area (Å²) in [6, 6.07) is 3.90. The third-order valence-electron chi connectivity index (χ3n) is 3.29. The van der Waals surface area contributed by atoms with Gasteiger partial charge in [0, 0.05) is 18.0 Å². The molecule has 0 aromatic carbocycles. The van der Waals surface area contributed by atoms with Gasteiger partial charge in [0.05, 0.1) is 22.5 Å². The second-order valence-electron chi connectivity index (χ2n) is 4.88. The molecule has 0 spiro atoms. The molecule has 1 fully saturated rings. The number of rotatable bonds is 4. The zero-order valence-electron chi connectivity index (χ0n) is 11.1. The number of sulfonamides is 1. The Labute approximate surface area is 131 Å². The monoisotopic (exact) mass is 380 g/mol. The highest BCUT2D eigenvalue weighted by molar-refractivity contribution is 9.11. The van der Waals surface area contributed by atoms with E-state index < -0.39 is 10.0 Å². The van der Waals surface area contributed by atoms with Crippen LogP contribution in [0.3, 0.4) is 0 Å². The van der Waals surface area contributed by atoms with Gasteiger partial charge in [-0.2, -0.15) is 0 Å². The van der Waals surface area contributed by atoms with Gasteiger partial charge >= 0.3 is 0 Å². The van der Waals surface area contributed by atoms with E-state index in [1.54, 1.807) is 11.3 Å². The van der Waals surface area contributed by atoms with Gasteiger partial charge in [0.15, 0.2) is 0 Å². The summed E-state index contributed by atoms with van der Waals surface area (Å²) in [5.74, 6) is -0.315. The average molecular weight is 381 g/mol. The molecule has 1 aliphatic heterocycles. The smallest absolute Gasteiger partial charge is 0.224 e. The van der Waals surface area contributed by atoms with Gasteiger partial charge in [-0.25, -0.2) is 12.7 Å². The van der Waals surface area contributed by atoms with Gasteiger partial charge in [0.25, 0.3) is 0 Å². The molecule has 8 heteroatoms. The van der Waals surface area contributed by atoms with E-state index in [4.69, 9.17) is 0 Å². The summed E-state index contributed by atoms with van der Waals surface area (Å²) < 4.78 is 25.5. The van der Waals surface area contributed by atoms with E-state index in [1.165, 1.54) is 10.6 Å². The minimum absolute atomic E-state index is 0.0668. The van der Waals surface area contributed by atoms with Crippen molar-refractivity contribution < 1.29 is 13.2 Å². The number of amides is 1. The molecule has 1 unspecified atom stereocenters. The first-order chi connectivity index (χ1) is 9.36. The maximum Gasteiger partial charge on any atom is 0.224 e. The first-order valence-electron chi connectivity index (χ1n) is 6.33. The lowest BCUT2D eigenvalue weighted by atomic mass is 9.99. The molecular formula is C12H17BrN2O3S2. The Morgan fingerprint density at radius 2 is 2.30 bits per heavy atom. The van der Waals surface area contributed by atoms with Crippen LogP contribution < -0.4 is 5.32 Å². The van der Waals surface area contributed by atoms with Crippen molar-refractivity contribution in [1.29, 1.82) is 0 Å². The van der Waals surface area contributed by atoms with Gasteiger partial charge in [-0.1, -0.05) is 0 Å². The van der Waals surface area contributed by atoms with E-state index in [0.29, 0.717) is 19.6 Å². The number of hydrogen-bond donors (Lipinski definition) is 1. The average Bonchev–Trinajstić information content (AvgIpc) is 2.81. The Bertz CT molecular complexity index is 585. The van der Waals surface area contributed by atoms with E-state index in [1.807, 2.05) is 12.1 Å². The first-order valence-corrected chi connectivity index (χ1v) is 9.79. The van der Waals surface area contributed by atoms with Crippen LogP contribution in [0.2, 0.25) is 0 Å². The molecule has 0 saturated carbocycles. The maximum atomic E-state index is 12.1. The molecule has 1 aromatic rings. The molecule has 1 aromatic heterocycles. The van der Waals surface area contributed by atoms with Crippen molar-refractivity contribution in [3.63, 3.8) is 0 Å². The SMILES string of the molecule is CS(=O)(=O)N1CCCC(C(=O)NCc2ccc(Br)s2)C1. The van der Waals surface area contributed by atoms with Crippen molar-refractivity contribution in [2.24, 2.45) is 5.92 Å². The molecule has 1 aliphatic rings. The molecule has 2 heterocycles. The lowest BCUT2D eigenvalue weighted by molar-refractivity contribution is -0.126. The van der Waals surface area contributed by atoms with E-state index in [-0.39, 0.29) is 11.8 Å². The van der Waals surface area contributed by atoms with Crippen LogP contribution in [0.4, 0.5) is 0 Å². The zero-order chi connectivity index (χ0) is 14.8. The molecule has 1 atom stereocenters. The number of nitrogens with one attached hydrogen (secondary N) is 1. The van der Waals surface area contributed by atoms with Gasteiger partial charge < -0.3 is 5.32 Å². The van der Waals surface area contributed by atoms with Crippen molar-refractivity contribution in [2.45, 2.75) is 19.4 Å². The summed E-state index contributed by atoms with van der Waals surface area (Å²) in [7, 11) is -3.21. The number of carbonyl (C=O) groups is 1. The highest BCUT2D eigenvalue weighted by Crippen LogP contribution is 2.22. The lowest BCUT2D eigenvalue weighted by Crippen LogP contribution is -2.44. The van der Waals surface area contributed by atoms with E-state index in [9.17, 15) is 13.2 Å². The largest absolute Gasteiger partial charge is 0.351 e. The highest BCUT2D eigenvalue weighted by Gasteiger charge is 2.29. The Morgan fingerprint density at radius 1 is 1.55 bits per heavy atom. The van der Waals surface area contributed by atoms with Gasteiger partial charge in [0.1, 0.15) is 0 Å². The molecular weight excluding hydrogens is 364 g/mol. The molecule has 1 amide bonds. The molecule has 112 valence electrons. The Balaban J connectivity index is 1.89. The molecule has 0 radical (unpaired) electrons. The summed E-state index contributed by atoms with van der Waals surface area (Å²) in [4.78, 5) is 13.2. The summed E-state index contributed by atoms with van der Waals surface area (Å²) >= 11 is 4.95. The second kappa shape index (κ2) is 6.55. The maximum absolute atomic E-state index is 12.1. The summed E-state index contributed by atoms with van der Waals surface area (Å²) in [5.41, 5.74) is 0. The van der Waals surface area contributed by atoms with Crippen LogP contribution >= 0.6 is 27.3 Å². The quantitative estimate of drug-likeness (QED) is 0.865. The highest BCUT2D eigenvalue weighted by atomic mass is 79.9. The third-order valence-corrected chi connectivity index (χ3v) is 6.18. The predicted octanol–water partition coefficient (Wildman–Crippen LogP) is 1.80. The van der Waals surface area contributed by atoms with Gasteiger partial charge in [-0.05, 0) is 40.9 Å². The normalized spacial score (nSPS) is 20.8. The van der Waals surface area contributed by atoms with Gasteiger partial charge in [0.2, 0.25) is 15.9 Å². The summed E-state index contributed by atoms with van der Waals surface area (Å²) in [6.45, 7) is 1.30. The fourth-order valence-corrected chi connectivity index (χ4v) is 4.56. The van der Waals surface area contributed by atoms with Crippen molar-refractivity contribution in [3.05, 3.63) is 20.8 Å². The fourth-order valence-electron chi connectivity index (χ4n) is 2.22. The van der Waals surface area contributed by atoms with Crippen LogP contribution in [0.15, 0.2) is 15.9 Å². The number of nitrogens with zero attached hydrogens (tertiary/aromatic N) is 1. The molecule has 20 heavy (non-hydrogen) atoms. The first kappa shape index (κ1) is 15.9. The second-order valence-corrected chi connectivity index (χ2v) is 9.41. The number of thiophene rings is 1. The van der Waals surface area contributed by atoms with Crippen LogP contribution in [0.1, 0.15) is 17.7 Å². The minimum Gasteiger partial charge on any atom is -0.351 e. The van der Waals surface area contributed by atoms with Crippen LogP contribution in [0.5, 0.6) is 0 Å². The number of halogens is 1. The minimum atomic E-state index is -3.21. The lowest BCUT2D eigenvalue weighted by Gasteiger charge is -2.30. The van der Waals surface area contributed by atoms with Gasteiger partial charge in [-0.3, -0.25) is 4.79 Å². The standard InChI is InChI=1S/C12H17BrN2O3S2/c1-20(17,18)15-6-2-3-9(8-15)12(16)14-7-10-4-5-11(13)19-10/h4-5,9H,2-3,6-8H2,1H3,(H,14,16). The molecule has 5 nitrogen and oxygen atoms in total. The predicted molar refractivity (Wildman–Crippen MR) is 83.0 cm³/mol. The summed E-state index contributed by atoms with van der Waals surface area (Å²) in [5, 5.41) is 2.88. The van der Waals surface area contributed by atoms with E-state index >= 15 is 0 Å². The van der Waals surface area contributed by atoms with Crippen LogP contribution in [0, 0.1) is 5.92 Å². The fraction of sp³-hybridized carbons (Fsp3) is 0.583. The Hall–Kier alpha value is -0.440. The van der Waals surface area contributed by atoms with E-state index in [2.05, 4.69) is 21.2 Å². The third kappa shape index (κ3) is 4.28. The topological polar surface area (TPSA) is 66.5 Å². The molecule has 0 aliphatic carbocycles. The van der Waals surface area contributed by atoms with E-state index in [0.717, 1.165) is 21.5 Å². The molecule has 1 saturated heterocycles. The summed E-state index contributed by atoms with van der Waals surface area (Å²) in [6.07, 6.45) is 2.66. The Kier molecular flexibility index (Phi) is 5.22. The number of piperidine rings is 1. The van der Waals surface area contributed by atoms with Crippen molar-refractivity contribution >= 4 is 43.2 Å². The van der Waals surface area contributed by atoms with Crippen LogP contribution in [-0.2, 0) is 21.4 Å². The van der Waals surface area contributed by atoms with Gasteiger partial charge in [-0.15, -0.1) is 11.3 Å². The molecule has 2 rings (SSSR count). The zero-order valence-corrected chi connectivity index (χ0v) is 14.4. The molecule has 0 bridgehead atoms. The van der Waals surface area contributed by atoms with Crippen molar-refractivity contribution in [2.75, 3.05) is 19.3 Å².